The number of amides is 2. The first-order valence-electron chi connectivity index (χ1n) is 7.19. The van der Waals surface area contributed by atoms with Crippen molar-refractivity contribution in [3.8, 4) is 0 Å². The summed E-state index contributed by atoms with van der Waals surface area (Å²) in [6.07, 6.45) is 2.83. The summed E-state index contributed by atoms with van der Waals surface area (Å²) in [5.74, 6) is -0.656. The molecule has 21 heavy (non-hydrogen) atoms. The fourth-order valence-corrected chi connectivity index (χ4v) is 2.05. The zero-order valence-corrected chi connectivity index (χ0v) is 12.1. The molecule has 2 amide bonds. The van der Waals surface area contributed by atoms with Gasteiger partial charge in [-0.2, -0.15) is 0 Å². The Hall–Kier alpha value is -2.17. The van der Waals surface area contributed by atoms with E-state index in [1.54, 1.807) is 6.92 Å². The van der Waals surface area contributed by atoms with E-state index in [2.05, 4.69) is 5.32 Å². The highest BCUT2D eigenvalue weighted by Crippen LogP contribution is 2.27. The maximum Gasteiger partial charge on any atom is 0.289 e. The van der Waals surface area contributed by atoms with Crippen LogP contribution in [0.1, 0.15) is 25.3 Å². The molecule has 1 N–H and O–H groups in total. The molecule has 1 aromatic rings. The average Bonchev–Trinajstić information content (AvgIpc) is 3.34. The van der Waals surface area contributed by atoms with Gasteiger partial charge in [0.1, 0.15) is 0 Å². The highest BCUT2D eigenvalue weighted by Gasteiger charge is 2.28. The second-order valence-electron chi connectivity index (χ2n) is 5.46. The third kappa shape index (κ3) is 4.41. The van der Waals surface area contributed by atoms with Crippen LogP contribution in [0.2, 0.25) is 0 Å². The molecular formula is C16H20N2O3. The van der Waals surface area contributed by atoms with Gasteiger partial charge in [0.25, 0.3) is 5.91 Å². The summed E-state index contributed by atoms with van der Waals surface area (Å²) in [4.78, 5) is 36.4. The van der Waals surface area contributed by atoms with E-state index < -0.39 is 17.7 Å². The summed E-state index contributed by atoms with van der Waals surface area (Å²) in [5.41, 5.74) is 0.919. The molecule has 5 heteroatoms. The van der Waals surface area contributed by atoms with E-state index in [9.17, 15) is 14.4 Å². The van der Waals surface area contributed by atoms with Crippen LogP contribution in [0.3, 0.4) is 0 Å². The van der Waals surface area contributed by atoms with Gasteiger partial charge in [0.15, 0.2) is 0 Å². The first kappa shape index (κ1) is 15.2. The molecule has 2 rings (SSSR count). The van der Waals surface area contributed by atoms with Crippen LogP contribution >= 0.6 is 0 Å². The Balaban J connectivity index is 1.91. The maximum atomic E-state index is 12.1. The van der Waals surface area contributed by atoms with Gasteiger partial charge in [0.2, 0.25) is 12.2 Å². The van der Waals surface area contributed by atoms with Crippen molar-refractivity contribution in [1.29, 1.82) is 0 Å². The van der Waals surface area contributed by atoms with Gasteiger partial charge in [-0.05, 0) is 31.2 Å². The number of benzene rings is 1. The Morgan fingerprint density at radius 3 is 2.57 bits per heavy atom. The second-order valence-corrected chi connectivity index (χ2v) is 5.46. The normalized spacial score (nSPS) is 15.1. The van der Waals surface area contributed by atoms with Gasteiger partial charge < -0.3 is 10.2 Å². The lowest BCUT2D eigenvalue weighted by molar-refractivity contribution is -0.142. The van der Waals surface area contributed by atoms with Crippen LogP contribution in [0.5, 0.6) is 0 Å². The van der Waals surface area contributed by atoms with Crippen LogP contribution < -0.4 is 5.32 Å². The Labute approximate surface area is 124 Å². The maximum absolute atomic E-state index is 12.1. The van der Waals surface area contributed by atoms with E-state index in [1.165, 1.54) is 4.90 Å². The van der Waals surface area contributed by atoms with E-state index in [-0.39, 0.29) is 0 Å². The van der Waals surface area contributed by atoms with E-state index in [0.717, 1.165) is 18.4 Å². The average molecular weight is 288 g/mol. The summed E-state index contributed by atoms with van der Waals surface area (Å²) >= 11 is 0. The number of carbonyl (C=O) groups is 3. The monoisotopic (exact) mass is 288 g/mol. The standard InChI is InChI=1S/C16H20N2O3/c1-12(15(20)16(21)17-9-13-7-8-13)18(11-19)10-14-5-3-2-4-6-14/h2-6,11-13H,7-10H2,1H3,(H,17,21)/t12-/m0/s1. The van der Waals surface area contributed by atoms with Gasteiger partial charge in [0, 0.05) is 13.1 Å². The summed E-state index contributed by atoms with van der Waals surface area (Å²) in [5, 5.41) is 2.64. The first-order chi connectivity index (χ1) is 10.1. The second kappa shape index (κ2) is 7.02. The quantitative estimate of drug-likeness (QED) is 0.576. The molecule has 0 heterocycles. The molecule has 112 valence electrons. The van der Waals surface area contributed by atoms with Crippen molar-refractivity contribution >= 4 is 18.1 Å². The van der Waals surface area contributed by atoms with Crippen molar-refractivity contribution in [1.82, 2.24) is 10.2 Å². The topological polar surface area (TPSA) is 66.5 Å². The number of hydrogen-bond donors (Lipinski definition) is 1. The number of rotatable bonds is 8. The fraction of sp³-hybridized carbons (Fsp3) is 0.438. The summed E-state index contributed by atoms with van der Waals surface area (Å²) in [6, 6.07) is 8.61. The molecule has 1 fully saturated rings. The molecular weight excluding hydrogens is 268 g/mol. The Morgan fingerprint density at radius 1 is 1.33 bits per heavy atom. The Kier molecular flexibility index (Phi) is 5.09. The fourth-order valence-electron chi connectivity index (χ4n) is 2.05. The molecule has 1 atom stereocenters. The molecule has 1 saturated carbocycles. The number of hydrogen-bond acceptors (Lipinski definition) is 3. The predicted octanol–water partition coefficient (Wildman–Crippen LogP) is 1.13. The largest absolute Gasteiger partial charge is 0.349 e. The lowest BCUT2D eigenvalue weighted by Gasteiger charge is -2.23. The molecule has 0 bridgehead atoms. The van der Waals surface area contributed by atoms with Crippen LogP contribution in [0.4, 0.5) is 0 Å². The van der Waals surface area contributed by atoms with Crippen molar-refractivity contribution in [3.63, 3.8) is 0 Å². The zero-order chi connectivity index (χ0) is 15.2. The zero-order valence-electron chi connectivity index (χ0n) is 12.1. The molecule has 1 aromatic carbocycles. The molecule has 0 aromatic heterocycles. The molecule has 0 aliphatic heterocycles. The third-order valence-electron chi connectivity index (χ3n) is 3.69. The molecule has 0 saturated heterocycles. The number of ketones is 1. The van der Waals surface area contributed by atoms with Gasteiger partial charge in [0.05, 0.1) is 6.04 Å². The lowest BCUT2D eigenvalue weighted by Crippen LogP contribution is -2.45. The van der Waals surface area contributed by atoms with Gasteiger partial charge in [-0.15, -0.1) is 0 Å². The highest BCUT2D eigenvalue weighted by atomic mass is 16.2. The van der Waals surface area contributed by atoms with Gasteiger partial charge >= 0.3 is 0 Å². The molecule has 5 nitrogen and oxygen atoms in total. The van der Waals surface area contributed by atoms with Gasteiger partial charge in [-0.1, -0.05) is 30.3 Å². The van der Waals surface area contributed by atoms with Gasteiger partial charge in [-0.3, -0.25) is 14.4 Å². The smallest absolute Gasteiger partial charge is 0.289 e. The van der Waals surface area contributed by atoms with Crippen LogP contribution in [0, 0.1) is 5.92 Å². The number of carbonyl (C=O) groups excluding carboxylic acids is 3. The van der Waals surface area contributed by atoms with E-state index in [4.69, 9.17) is 0 Å². The first-order valence-corrected chi connectivity index (χ1v) is 7.19. The number of nitrogens with zero attached hydrogens (tertiary/aromatic N) is 1. The van der Waals surface area contributed by atoms with Crippen LogP contribution in [0.25, 0.3) is 0 Å². The van der Waals surface area contributed by atoms with E-state index in [1.807, 2.05) is 30.3 Å². The SMILES string of the molecule is C[C@@H](C(=O)C(=O)NCC1CC1)N(C=O)Cc1ccccc1. The summed E-state index contributed by atoms with van der Waals surface area (Å²) in [6.45, 7) is 2.45. The Bertz CT molecular complexity index is 512. The van der Waals surface area contributed by atoms with Crippen LogP contribution in [-0.2, 0) is 20.9 Å². The third-order valence-corrected chi connectivity index (χ3v) is 3.69. The minimum absolute atomic E-state index is 0.313. The van der Waals surface area contributed by atoms with Crippen molar-refractivity contribution in [2.75, 3.05) is 6.54 Å². The summed E-state index contributed by atoms with van der Waals surface area (Å²) in [7, 11) is 0. The van der Waals surface area contributed by atoms with Crippen molar-refractivity contribution in [2.45, 2.75) is 32.4 Å². The lowest BCUT2D eigenvalue weighted by atomic mass is 10.1. The minimum atomic E-state index is -0.762. The Morgan fingerprint density at radius 2 is 2.00 bits per heavy atom. The van der Waals surface area contributed by atoms with Crippen LogP contribution in [-0.4, -0.2) is 35.6 Å². The van der Waals surface area contributed by atoms with Crippen molar-refractivity contribution in [2.24, 2.45) is 5.92 Å². The molecule has 0 radical (unpaired) electrons. The van der Waals surface area contributed by atoms with Crippen molar-refractivity contribution < 1.29 is 14.4 Å². The number of nitrogens with one attached hydrogen (secondary N) is 1. The predicted molar refractivity (Wildman–Crippen MR) is 78.3 cm³/mol. The molecule has 0 unspecified atom stereocenters. The number of Topliss-reactive ketones (excluding diaryl/α,β-unsaturated/α-hetero) is 1. The molecule has 0 spiro atoms. The van der Waals surface area contributed by atoms with E-state index in [0.29, 0.717) is 25.4 Å². The minimum Gasteiger partial charge on any atom is -0.349 e. The van der Waals surface area contributed by atoms with Gasteiger partial charge in [-0.25, -0.2) is 0 Å². The molecule has 1 aliphatic carbocycles. The molecule has 1 aliphatic rings. The highest BCUT2D eigenvalue weighted by molar-refractivity contribution is 6.38. The summed E-state index contributed by atoms with van der Waals surface area (Å²) < 4.78 is 0. The van der Waals surface area contributed by atoms with E-state index >= 15 is 0 Å². The van der Waals surface area contributed by atoms with Crippen molar-refractivity contribution in [3.05, 3.63) is 35.9 Å². The van der Waals surface area contributed by atoms with Crippen LogP contribution in [0.15, 0.2) is 30.3 Å².